The Kier molecular flexibility index (Phi) is 9.17. The second-order valence-corrected chi connectivity index (χ2v) is 10.1. The van der Waals surface area contributed by atoms with Crippen molar-refractivity contribution in [3.63, 3.8) is 0 Å². The summed E-state index contributed by atoms with van der Waals surface area (Å²) in [5.74, 6) is 0.101. The lowest BCUT2D eigenvalue weighted by Crippen LogP contribution is -2.58. The van der Waals surface area contributed by atoms with Gasteiger partial charge in [0.05, 0.1) is 31.3 Å². The first kappa shape index (κ1) is 26.8. The van der Waals surface area contributed by atoms with Crippen LogP contribution >= 0.6 is 0 Å². The summed E-state index contributed by atoms with van der Waals surface area (Å²) in [6.45, 7) is 2.96. The van der Waals surface area contributed by atoms with Crippen molar-refractivity contribution in [2.24, 2.45) is 0 Å². The van der Waals surface area contributed by atoms with Crippen LogP contribution in [0.1, 0.15) is 34.3 Å². The van der Waals surface area contributed by atoms with Crippen molar-refractivity contribution in [2.45, 2.75) is 18.1 Å². The van der Waals surface area contributed by atoms with Crippen molar-refractivity contribution in [3.05, 3.63) is 144 Å². The van der Waals surface area contributed by atoms with Gasteiger partial charge in [-0.1, -0.05) is 121 Å². The molecule has 1 aliphatic heterocycles. The number of carbonyl (C=O) groups is 1. The molecule has 5 heteroatoms. The van der Waals surface area contributed by atoms with E-state index < -0.39 is 0 Å². The van der Waals surface area contributed by atoms with E-state index in [-0.39, 0.29) is 30.6 Å². The van der Waals surface area contributed by atoms with Crippen LogP contribution in [0.3, 0.4) is 0 Å². The molecule has 0 saturated carbocycles. The SMILES string of the molecule is COCC1CN(C(c2ccccc2)c2ccccc2)CCN1C(=O)CNC(c1ccccc1)c1ccccc1. The van der Waals surface area contributed by atoms with Gasteiger partial charge in [-0.3, -0.25) is 15.0 Å². The molecule has 1 atom stereocenters. The predicted octanol–water partition coefficient (Wildman–Crippen LogP) is 5.31. The molecule has 0 aromatic heterocycles. The van der Waals surface area contributed by atoms with Crippen molar-refractivity contribution in [2.75, 3.05) is 39.9 Å². The number of carbonyl (C=O) groups excluding carboxylic acids is 1. The number of ether oxygens (including phenoxy) is 1. The fraction of sp³-hybridized carbons (Fsp3) is 0.265. The predicted molar refractivity (Wildman–Crippen MR) is 156 cm³/mol. The molecule has 5 nitrogen and oxygen atoms in total. The Bertz CT molecular complexity index is 1210. The highest BCUT2D eigenvalue weighted by molar-refractivity contribution is 5.79. The van der Waals surface area contributed by atoms with Crippen LogP contribution in [0, 0.1) is 0 Å². The maximum absolute atomic E-state index is 13.7. The van der Waals surface area contributed by atoms with E-state index in [4.69, 9.17) is 4.74 Å². The van der Waals surface area contributed by atoms with Gasteiger partial charge in [0, 0.05) is 26.7 Å². The van der Waals surface area contributed by atoms with Crippen molar-refractivity contribution in [1.29, 1.82) is 0 Å². The molecule has 4 aromatic rings. The van der Waals surface area contributed by atoms with E-state index in [1.54, 1.807) is 7.11 Å². The number of methoxy groups -OCH3 is 1. The van der Waals surface area contributed by atoms with E-state index in [1.165, 1.54) is 11.1 Å². The molecule has 1 aliphatic rings. The van der Waals surface area contributed by atoms with Gasteiger partial charge in [0.25, 0.3) is 0 Å². The number of nitrogens with one attached hydrogen (secondary N) is 1. The van der Waals surface area contributed by atoms with Crippen LogP contribution in [0.2, 0.25) is 0 Å². The molecule has 1 unspecified atom stereocenters. The standard InChI is InChI=1S/C34H37N3O2/c1-39-26-31-25-36(34(29-18-10-4-11-19-29)30-20-12-5-13-21-30)22-23-37(31)32(38)24-35-33(27-14-6-2-7-15-27)28-16-8-3-9-17-28/h2-21,31,33-35H,22-26H2,1H3. The third kappa shape index (κ3) is 6.63. The van der Waals surface area contributed by atoms with Crippen molar-refractivity contribution < 1.29 is 9.53 Å². The fourth-order valence-electron chi connectivity index (χ4n) is 5.67. The summed E-state index contributed by atoms with van der Waals surface area (Å²) in [7, 11) is 1.71. The van der Waals surface area contributed by atoms with Crippen molar-refractivity contribution >= 4 is 5.91 Å². The molecule has 1 fully saturated rings. The topological polar surface area (TPSA) is 44.8 Å². The van der Waals surface area contributed by atoms with E-state index >= 15 is 0 Å². The minimum Gasteiger partial charge on any atom is -0.382 e. The van der Waals surface area contributed by atoms with E-state index in [2.05, 4.69) is 95.1 Å². The second-order valence-electron chi connectivity index (χ2n) is 10.1. The molecule has 0 bridgehead atoms. The van der Waals surface area contributed by atoms with E-state index in [1.807, 2.05) is 41.3 Å². The van der Waals surface area contributed by atoms with Crippen molar-refractivity contribution in [3.8, 4) is 0 Å². The quantitative estimate of drug-likeness (QED) is 0.308. The molecular weight excluding hydrogens is 482 g/mol. The largest absolute Gasteiger partial charge is 0.382 e. The maximum atomic E-state index is 13.7. The molecule has 200 valence electrons. The summed E-state index contributed by atoms with van der Waals surface area (Å²) < 4.78 is 5.62. The minimum atomic E-state index is -0.0564. The number of hydrogen-bond donors (Lipinski definition) is 1. The number of benzene rings is 4. The van der Waals surface area contributed by atoms with Crippen LogP contribution in [-0.4, -0.2) is 61.6 Å². The number of piperazine rings is 1. The molecule has 5 rings (SSSR count). The monoisotopic (exact) mass is 519 g/mol. The van der Waals surface area contributed by atoms with Crippen LogP contribution in [0.25, 0.3) is 0 Å². The average molecular weight is 520 g/mol. The van der Waals surface area contributed by atoms with Gasteiger partial charge in [-0.25, -0.2) is 0 Å². The van der Waals surface area contributed by atoms with Crippen LogP contribution < -0.4 is 5.32 Å². The van der Waals surface area contributed by atoms with Gasteiger partial charge in [-0.2, -0.15) is 0 Å². The normalized spacial score (nSPS) is 16.1. The third-order valence-corrected chi connectivity index (χ3v) is 7.51. The Morgan fingerprint density at radius 2 is 1.21 bits per heavy atom. The molecule has 4 aromatic carbocycles. The number of rotatable bonds is 10. The Morgan fingerprint density at radius 3 is 1.67 bits per heavy atom. The first-order valence-electron chi connectivity index (χ1n) is 13.7. The highest BCUT2D eigenvalue weighted by atomic mass is 16.5. The highest BCUT2D eigenvalue weighted by Gasteiger charge is 2.34. The Hall–Kier alpha value is -3.77. The van der Waals surface area contributed by atoms with Crippen molar-refractivity contribution in [1.82, 2.24) is 15.1 Å². The molecule has 0 aliphatic carbocycles. The van der Waals surface area contributed by atoms with Gasteiger partial charge in [-0.05, 0) is 22.3 Å². The van der Waals surface area contributed by atoms with Crippen LogP contribution in [0.15, 0.2) is 121 Å². The summed E-state index contributed by atoms with van der Waals surface area (Å²) in [5.41, 5.74) is 4.80. The Balaban J connectivity index is 1.32. The third-order valence-electron chi connectivity index (χ3n) is 7.51. The molecule has 1 saturated heterocycles. The first-order chi connectivity index (χ1) is 19.2. The summed E-state index contributed by atoms with van der Waals surface area (Å²) >= 11 is 0. The maximum Gasteiger partial charge on any atom is 0.236 e. The zero-order chi connectivity index (χ0) is 26.9. The molecule has 1 amide bonds. The molecule has 1 N–H and O–H groups in total. The van der Waals surface area contributed by atoms with E-state index in [0.29, 0.717) is 13.2 Å². The average Bonchev–Trinajstić information content (AvgIpc) is 3.00. The van der Waals surface area contributed by atoms with Gasteiger partial charge in [-0.15, -0.1) is 0 Å². The smallest absolute Gasteiger partial charge is 0.236 e. The fourth-order valence-corrected chi connectivity index (χ4v) is 5.67. The minimum absolute atomic E-state index is 0.0279. The van der Waals surface area contributed by atoms with Gasteiger partial charge in [0.1, 0.15) is 0 Å². The number of amides is 1. The van der Waals surface area contributed by atoms with Gasteiger partial charge >= 0.3 is 0 Å². The molecule has 1 heterocycles. The molecule has 0 spiro atoms. The molecule has 39 heavy (non-hydrogen) atoms. The lowest BCUT2D eigenvalue weighted by Gasteiger charge is -2.44. The highest BCUT2D eigenvalue weighted by Crippen LogP contribution is 2.31. The zero-order valence-electron chi connectivity index (χ0n) is 22.5. The van der Waals surface area contributed by atoms with Gasteiger partial charge in [0.15, 0.2) is 0 Å². The zero-order valence-corrected chi connectivity index (χ0v) is 22.5. The van der Waals surface area contributed by atoms with E-state index in [0.717, 1.165) is 24.2 Å². The number of nitrogens with zero attached hydrogens (tertiary/aromatic N) is 2. The summed E-state index contributed by atoms with van der Waals surface area (Å²) in [6.07, 6.45) is 0. The molecular formula is C34H37N3O2. The Labute approximate surface area is 232 Å². The molecule has 0 radical (unpaired) electrons. The summed E-state index contributed by atoms with van der Waals surface area (Å²) in [5, 5.41) is 3.55. The lowest BCUT2D eigenvalue weighted by molar-refractivity contribution is -0.137. The van der Waals surface area contributed by atoms with Crippen LogP contribution in [0.5, 0.6) is 0 Å². The van der Waals surface area contributed by atoms with Crippen LogP contribution in [-0.2, 0) is 9.53 Å². The second kappa shape index (κ2) is 13.3. The first-order valence-corrected chi connectivity index (χ1v) is 13.7. The Morgan fingerprint density at radius 1 is 0.744 bits per heavy atom. The van der Waals surface area contributed by atoms with Gasteiger partial charge in [0.2, 0.25) is 5.91 Å². The number of hydrogen-bond acceptors (Lipinski definition) is 4. The van der Waals surface area contributed by atoms with Gasteiger partial charge < -0.3 is 9.64 Å². The van der Waals surface area contributed by atoms with E-state index in [9.17, 15) is 4.79 Å². The lowest BCUT2D eigenvalue weighted by atomic mass is 9.95. The summed E-state index contributed by atoms with van der Waals surface area (Å²) in [6, 6.07) is 41.9. The van der Waals surface area contributed by atoms with Crippen LogP contribution in [0.4, 0.5) is 0 Å². The summed E-state index contributed by atoms with van der Waals surface area (Å²) in [4.78, 5) is 18.2.